The molecule has 0 unspecified atom stereocenters. The Bertz CT molecular complexity index is 779. The maximum atomic E-state index is 12.5. The summed E-state index contributed by atoms with van der Waals surface area (Å²) in [5.74, 6) is 0.498. The number of hydrogen-bond acceptors (Lipinski definition) is 5. The summed E-state index contributed by atoms with van der Waals surface area (Å²) in [5, 5.41) is 12.3. The minimum absolute atomic E-state index is 0.0854. The maximum Gasteiger partial charge on any atom is 0.349 e. The zero-order chi connectivity index (χ0) is 21.4. The molecule has 6 nitrogen and oxygen atoms in total. The second-order valence-corrected chi connectivity index (χ2v) is 7.60. The molecule has 4 atom stereocenters. The van der Waals surface area contributed by atoms with Gasteiger partial charge in [0, 0.05) is 6.04 Å². The van der Waals surface area contributed by atoms with Gasteiger partial charge in [-0.1, -0.05) is 38.8 Å². The summed E-state index contributed by atoms with van der Waals surface area (Å²) in [6, 6.07) is 8.96. The predicted octanol–water partition coefficient (Wildman–Crippen LogP) is 3.86. The highest BCUT2D eigenvalue weighted by Gasteiger charge is 2.30. The first kappa shape index (κ1) is 22.5. The number of nitrogens with one attached hydrogen (secondary N) is 1. The first-order valence-electron chi connectivity index (χ1n) is 10.2. The number of carbonyl (C=O) groups is 2. The number of ether oxygens (including phenoxy) is 2. The largest absolute Gasteiger partial charge is 0.494 e. The number of esters is 1. The molecule has 0 bridgehead atoms. The third-order valence-electron chi connectivity index (χ3n) is 5.53. The Balaban J connectivity index is 1.97. The molecule has 0 radical (unpaired) electrons. The number of nitriles is 1. The van der Waals surface area contributed by atoms with Gasteiger partial charge in [-0.25, -0.2) is 4.79 Å². The van der Waals surface area contributed by atoms with Crippen LogP contribution < -0.4 is 10.1 Å². The van der Waals surface area contributed by atoms with E-state index in [4.69, 9.17) is 9.47 Å². The molecule has 2 rings (SSSR count). The van der Waals surface area contributed by atoms with E-state index in [-0.39, 0.29) is 17.5 Å². The zero-order valence-corrected chi connectivity index (χ0v) is 17.6. The van der Waals surface area contributed by atoms with E-state index in [0.29, 0.717) is 29.8 Å². The van der Waals surface area contributed by atoms with Crippen molar-refractivity contribution < 1.29 is 19.1 Å². The number of hydrogen-bond donors (Lipinski definition) is 1. The summed E-state index contributed by atoms with van der Waals surface area (Å²) in [7, 11) is 0. The number of carbonyl (C=O) groups excluding carboxylic acids is 2. The first-order chi connectivity index (χ1) is 13.8. The summed E-state index contributed by atoms with van der Waals surface area (Å²) in [6.07, 6.45) is 3.64. The Morgan fingerprint density at radius 2 is 1.97 bits per heavy atom. The number of amides is 1. The van der Waals surface area contributed by atoms with Crippen molar-refractivity contribution in [3.63, 3.8) is 0 Å². The van der Waals surface area contributed by atoms with Crippen LogP contribution in [0.15, 0.2) is 29.8 Å². The van der Waals surface area contributed by atoms with Crippen molar-refractivity contribution in [1.29, 1.82) is 5.26 Å². The van der Waals surface area contributed by atoms with Crippen molar-refractivity contribution in [3.05, 3.63) is 35.4 Å². The van der Waals surface area contributed by atoms with Crippen LogP contribution in [0.4, 0.5) is 0 Å². The first-order valence-corrected chi connectivity index (χ1v) is 10.2. The van der Waals surface area contributed by atoms with Gasteiger partial charge in [-0.05, 0) is 55.9 Å². The lowest BCUT2D eigenvalue weighted by atomic mass is 9.78. The fourth-order valence-corrected chi connectivity index (χ4v) is 3.49. The van der Waals surface area contributed by atoms with Crippen LogP contribution in [0.5, 0.6) is 5.75 Å². The van der Waals surface area contributed by atoms with Crippen LogP contribution in [0.3, 0.4) is 0 Å². The Morgan fingerprint density at radius 1 is 1.28 bits per heavy atom. The lowest BCUT2D eigenvalue weighted by molar-refractivity contribution is -0.151. The van der Waals surface area contributed by atoms with E-state index in [9.17, 15) is 14.9 Å². The van der Waals surface area contributed by atoms with Crippen molar-refractivity contribution in [2.24, 2.45) is 11.8 Å². The van der Waals surface area contributed by atoms with E-state index in [1.807, 2.05) is 13.0 Å². The average molecular weight is 399 g/mol. The maximum absolute atomic E-state index is 12.5. The van der Waals surface area contributed by atoms with Crippen LogP contribution in [0.25, 0.3) is 6.08 Å². The fraction of sp³-hybridized carbons (Fsp3) is 0.522. The van der Waals surface area contributed by atoms with Gasteiger partial charge in [0.1, 0.15) is 17.4 Å². The minimum atomic E-state index is -0.969. The SMILES string of the molecule is CCOc1ccc(/C=C(\C#N)C(=O)O[C@H](C)C(=O)N[C@@H]2CCC[C@H](C)[C@@H]2C)cc1. The lowest BCUT2D eigenvalue weighted by Gasteiger charge is -2.35. The molecule has 1 aromatic carbocycles. The van der Waals surface area contributed by atoms with Gasteiger partial charge in [0.15, 0.2) is 6.10 Å². The molecule has 1 aliphatic carbocycles. The highest BCUT2D eigenvalue weighted by Crippen LogP contribution is 2.29. The molecule has 0 aliphatic heterocycles. The lowest BCUT2D eigenvalue weighted by Crippen LogP contribution is -2.47. The summed E-state index contributed by atoms with van der Waals surface area (Å²) in [6.45, 7) is 8.31. The van der Waals surface area contributed by atoms with Crippen LogP contribution in [-0.4, -0.2) is 30.6 Å². The van der Waals surface area contributed by atoms with Crippen molar-refractivity contribution >= 4 is 18.0 Å². The van der Waals surface area contributed by atoms with Crippen molar-refractivity contribution in [1.82, 2.24) is 5.32 Å². The summed E-state index contributed by atoms with van der Waals surface area (Å²) in [4.78, 5) is 24.8. The molecule has 156 valence electrons. The fourth-order valence-electron chi connectivity index (χ4n) is 3.49. The van der Waals surface area contributed by atoms with Gasteiger partial charge in [-0.15, -0.1) is 0 Å². The Labute approximate surface area is 172 Å². The van der Waals surface area contributed by atoms with Crippen molar-refractivity contribution in [2.45, 2.75) is 59.1 Å². The van der Waals surface area contributed by atoms with E-state index >= 15 is 0 Å². The molecule has 6 heteroatoms. The normalized spacial score (nSPS) is 22.9. The molecule has 1 fully saturated rings. The molecule has 1 saturated carbocycles. The molecule has 0 saturated heterocycles. The van der Waals surface area contributed by atoms with E-state index in [2.05, 4.69) is 19.2 Å². The molecule has 0 heterocycles. The molecule has 1 aromatic rings. The average Bonchev–Trinajstić information content (AvgIpc) is 2.70. The van der Waals surface area contributed by atoms with Gasteiger partial charge in [0.2, 0.25) is 0 Å². The summed E-state index contributed by atoms with van der Waals surface area (Å²) in [5.41, 5.74) is 0.512. The number of nitrogens with zero attached hydrogens (tertiary/aromatic N) is 1. The monoisotopic (exact) mass is 398 g/mol. The Morgan fingerprint density at radius 3 is 2.59 bits per heavy atom. The van der Waals surface area contributed by atoms with Gasteiger partial charge in [-0.2, -0.15) is 5.26 Å². The number of benzene rings is 1. The van der Waals surface area contributed by atoms with Crippen LogP contribution in [0, 0.1) is 23.2 Å². The van der Waals surface area contributed by atoms with E-state index in [1.165, 1.54) is 19.4 Å². The molecule has 0 aromatic heterocycles. The van der Waals surface area contributed by atoms with Gasteiger partial charge >= 0.3 is 5.97 Å². The highest BCUT2D eigenvalue weighted by atomic mass is 16.5. The molecule has 0 spiro atoms. The highest BCUT2D eigenvalue weighted by molar-refractivity contribution is 5.99. The van der Waals surface area contributed by atoms with E-state index < -0.39 is 12.1 Å². The van der Waals surface area contributed by atoms with Gasteiger partial charge in [-0.3, -0.25) is 4.79 Å². The molecule has 29 heavy (non-hydrogen) atoms. The molecule has 1 amide bonds. The smallest absolute Gasteiger partial charge is 0.349 e. The third-order valence-corrected chi connectivity index (χ3v) is 5.53. The van der Waals surface area contributed by atoms with Crippen molar-refractivity contribution in [3.8, 4) is 11.8 Å². The Hall–Kier alpha value is -2.81. The van der Waals surface area contributed by atoms with Gasteiger partial charge in [0.05, 0.1) is 6.61 Å². The molecular formula is C23H30N2O4. The van der Waals surface area contributed by atoms with E-state index in [1.54, 1.807) is 24.3 Å². The quantitative estimate of drug-likeness (QED) is 0.428. The van der Waals surface area contributed by atoms with Crippen LogP contribution in [0.1, 0.15) is 52.5 Å². The topological polar surface area (TPSA) is 88.4 Å². The second kappa shape index (κ2) is 10.7. The van der Waals surface area contributed by atoms with E-state index in [0.717, 1.165) is 12.8 Å². The third kappa shape index (κ3) is 6.35. The Kier molecular flexibility index (Phi) is 8.26. The molecular weight excluding hydrogens is 368 g/mol. The van der Waals surface area contributed by atoms with Gasteiger partial charge < -0.3 is 14.8 Å². The van der Waals surface area contributed by atoms with Crippen molar-refractivity contribution in [2.75, 3.05) is 6.61 Å². The number of rotatable bonds is 7. The van der Waals surface area contributed by atoms with Gasteiger partial charge in [0.25, 0.3) is 5.91 Å². The minimum Gasteiger partial charge on any atom is -0.494 e. The second-order valence-electron chi connectivity index (χ2n) is 7.60. The van der Waals surface area contributed by atoms with Crippen LogP contribution >= 0.6 is 0 Å². The van der Waals surface area contributed by atoms with Crippen LogP contribution in [-0.2, 0) is 14.3 Å². The predicted molar refractivity (Wildman–Crippen MR) is 111 cm³/mol. The summed E-state index contributed by atoms with van der Waals surface area (Å²) >= 11 is 0. The standard InChI is InChI=1S/C23H30N2O4/c1-5-28-20-11-9-18(10-12-20)13-19(14-24)23(27)29-17(4)22(26)25-21-8-6-7-15(2)16(21)3/h9-13,15-17,21H,5-8H2,1-4H3,(H,25,26)/b19-13+/t15-,16-,17+,21+/m0/s1. The van der Waals surface area contributed by atoms with Crippen LogP contribution in [0.2, 0.25) is 0 Å². The molecule has 1 N–H and O–H groups in total. The summed E-state index contributed by atoms with van der Waals surface area (Å²) < 4.78 is 10.6. The molecule has 1 aliphatic rings. The zero-order valence-electron chi connectivity index (χ0n) is 17.6.